The number of ether oxygens (including phenoxy) is 1. The summed E-state index contributed by atoms with van der Waals surface area (Å²) in [5, 5.41) is 3.33. The van der Waals surface area contributed by atoms with E-state index < -0.39 is 0 Å². The molecule has 2 nitrogen and oxygen atoms in total. The predicted octanol–water partition coefficient (Wildman–Crippen LogP) is 1.62. The van der Waals surface area contributed by atoms with E-state index in [0.717, 1.165) is 19.7 Å². The highest BCUT2D eigenvalue weighted by molar-refractivity contribution is 4.77. The summed E-state index contributed by atoms with van der Waals surface area (Å²) in [7, 11) is 0. The van der Waals surface area contributed by atoms with Gasteiger partial charge >= 0.3 is 0 Å². The summed E-state index contributed by atoms with van der Waals surface area (Å²) >= 11 is 0. The molecule has 0 spiro atoms. The molecule has 0 aliphatic carbocycles. The first kappa shape index (κ1) is 10.0. The Morgan fingerprint density at radius 3 is 3.08 bits per heavy atom. The standard InChI is InChI=1S/C10H20NO/c1-3-4-5-9(2)10-8-11-6-7-12-10/h9-11H,2-8H2,1H3. The number of hydrogen-bond acceptors (Lipinski definition) is 2. The lowest BCUT2D eigenvalue weighted by atomic mass is 9.97. The van der Waals surface area contributed by atoms with Gasteiger partial charge in [-0.1, -0.05) is 19.8 Å². The summed E-state index contributed by atoms with van der Waals surface area (Å²) in [5.41, 5.74) is 0. The van der Waals surface area contributed by atoms with Crippen molar-refractivity contribution in [3.63, 3.8) is 0 Å². The number of unbranched alkanes of at least 4 members (excludes halogenated alkanes) is 1. The number of morpholine rings is 1. The van der Waals surface area contributed by atoms with Gasteiger partial charge in [-0.3, -0.25) is 0 Å². The molecule has 71 valence electrons. The molecule has 2 heteroatoms. The fraction of sp³-hybridized carbons (Fsp3) is 0.900. The maximum Gasteiger partial charge on any atom is 0.0728 e. The van der Waals surface area contributed by atoms with Crippen molar-refractivity contribution in [2.75, 3.05) is 19.7 Å². The maximum atomic E-state index is 5.61. The first-order valence-electron chi connectivity index (χ1n) is 5.00. The highest BCUT2D eigenvalue weighted by Gasteiger charge is 2.19. The van der Waals surface area contributed by atoms with Crippen LogP contribution in [0.3, 0.4) is 0 Å². The lowest BCUT2D eigenvalue weighted by Gasteiger charge is -2.28. The Labute approximate surface area is 75.7 Å². The topological polar surface area (TPSA) is 21.3 Å². The Hall–Kier alpha value is -0.0800. The minimum absolute atomic E-state index is 0.352. The van der Waals surface area contributed by atoms with Crippen molar-refractivity contribution in [3.05, 3.63) is 6.92 Å². The van der Waals surface area contributed by atoms with Crippen LogP contribution in [0.5, 0.6) is 0 Å². The molecule has 1 N–H and O–H groups in total. The summed E-state index contributed by atoms with van der Waals surface area (Å²) in [4.78, 5) is 0. The number of nitrogens with one attached hydrogen (secondary N) is 1. The molecule has 2 atom stereocenters. The molecule has 1 heterocycles. The predicted molar refractivity (Wildman–Crippen MR) is 51.0 cm³/mol. The van der Waals surface area contributed by atoms with Crippen LogP contribution in [0, 0.1) is 12.8 Å². The van der Waals surface area contributed by atoms with Gasteiger partial charge in [-0.2, -0.15) is 0 Å². The van der Waals surface area contributed by atoms with Crippen LogP contribution in [0.15, 0.2) is 0 Å². The van der Waals surface area contributed by atoms with Crippen LogP contribution in [0.1, 0.15) is 26.2 Å². The third kappa shape index (κ3) is 3.11. The van der Waals surface area contributed by atoms with E-state index in [0.29, 0.717) is 12.0 Å². The minimum Gasteiger partial charge on any atom is -0.375 e. The van der Waals surface area contributed by atoms with Gasteiger partial charge in [0.15, 0.2) is 0 Å². The van der Waals surface area contributed by atoms with E-state index in [4.69, 9.17) is 4.74 Å². The zero-order valence-corrected chi connectivity index (χ0v) is 8.01. The Bertz CT molecular complexity index is 110. The fourth-order valence-corrected chi connectivity index (χ4v) is 1.54. The molecule has 1 aliphatic heterocycles. The van der Waals surface area contributed by atoms with Crippen molar-refractivity contribution in [2.45, 2.75) is 32.3 Å². The molecule has 0 bridgehead atoms. The molecule has 0 aromatic carbocycles. The van der Waals surface area contributed by atoms with Crippen LogP contribution in [-0.2, 0) is 4.74 Å². The van der Waals surface area contributed by atoms with E-state index in [9.17, 15) is 0 Å². The SMILES string of the molecule is [CH2]C(CCCC)C1CNCCO1. The second kappa shape index (κ2) is 5.55. The van der Waals surface area contributed by atoms with Crippen LogP contribution in [0.2, 0.25) is 0 Å². The van der Waals surface area contributed by atoms with Crippen molar-refractivity contribution in [1.82, 2.24) is 5.32 Å². The molecule has 1 rings (SSSR count). The third-order valence-corrected chi connectivity index (χ3v) is 2.41. The van der Waals surface area contributed by atoms with Crippen LogP contribution >= 0.6 is 0 Å². The summed E-state index contributed by atoms with van der Waals surface area (Å²) in [5.74, 6) is 0.470. The highest BCUT2D eigenvalue weighted by Crippen LogP contribution is 2.15. The monoisotopic (exact) mass is 170 g/mol. The zero-order valence-electron chi connectivity index (χ0n) is 8.01. The largest absolute Gasteiger partial charge is 0.375 e. The normalized spacial score (nSPS) is 27.0. The minimum atomic E-state index is 0.352. The molecule has 0 amide bonds. The molecular weight excluding hydrogens is 150 g/mol. The average molecular weight is 170 g/mol. The van der Waals surface area contributed by atoms with Crippen LogP contribution in [0.25, 0.3) is 0 Å². The first-order valence-corrected chi connectivity index (χ1v) is 5.00. The van der Waals surface area contributed by atoms with Gasteiger partial charge in [0, 0.05) is 13.1 Å². The van der Waals surface area contributed by atoms with Gasteiger partial charge < -0.3 is 10.1 Å². The van der Waals surface area contributed by atoms with E-state index in [1.54, 1.807) is 0 Å². The number of hydrogen-bond donors (Lipinski definition) is 1. The molecule has 12 heavy (non-hydrogen) atoms. The molecule has 1 fully saturated rings. The molecule has 0 aromatic heterocycles. The van der Waals surface area contributed by atoms with Gasteiger partial charge in [0.05, 0.1) is 12.7 Å². The van der Waals surface area contributed by atoms with Crippen LogP contribution in [-0.4, -0.2) is 25.8 Å². The van der Waals surface area contributed by atoms with Gasteiger partial charge in [-0.15, -0.1) is 0 Å². The van der Waals surface area contributed by atoms with Crippen LogP contribution in [0.4, 0.5) is 0 Å². The van der Waals surface area contributed by atoms with E-state index in [-0.39, 0.29) is 0 Å². The lowest BCUT2D eigenvalue weighted by Crippen LogP contribution is -2.42. The van der Waals surface area contributed by atoms with Gasteiger partial charge in [0.25, 0.3) is 0 Å². The van der Waals surface area contributed by atoms with E-state index in [2.05, 4.69) is 19.2 Å². The second-order valence-electron chi connectivity index (χ2n) is 3.52. The Morgan fingerprint density at radius 2 is 2.50 bits per heavy atom. The molecule has 1 aliphatic rings. The summed E-state index contributed by atoms with van der Waals surface area (Å²) < 4.78 is 5.61. The fourth-order valence-electron chi connectivity index (χ4n) is 1.54. The average Bonchev–Trinajstić information content (AvgIpc) is 2.15. The summed E-state index contributed by atoms with van der Waals surface area (Å²) in [6.45, 7) is 9.18. The molecule has 1 radical (unpaired) electrons. The van der Waals surface area contributed by atoms with Gasteiger partial charge in [-0.05, 0) is 19.3 Å². The van der Waals surface area contributed by atoms with Crippen molar-refractivity contribution >= 4 is 0 Å². The smallest absolute Gasteiger partial charge is 0.0728 e. The molecule has 0 aromatic rings. The number of rotatable bonds is 4. The maximum absolute atomic E-state index is 5.61. The second-order valence-corrected chi connectivity index (χ2v) is 3.52. The summed E-state index contributed by atoms with van der Waals surface area (Å²) in [6, 6.07) is 0. The van der Waals surface area contributed by atoms with Gasteiger partial charge in [0.1, 0.15) is 0 Å². The zero-order chi connectivity index (χ0) is 8.81. The van der Waals surface area contributed by atoms with E-state index >= 15 is 0 Å². The molecule has 0 saturated carbocycles. The van der Waals surface area contributed by atoms with E-state index in [1.807, 2.05) is 0 Å². The van der Waals surface area contributed by atoms with Crippen LogP contribution < -0.4 is 5.32 Å². The molecular formula is C10H20NO. The summed E-state index contributed by atoms with van der Waals surface area (Å²) in [6.07, 6.45) is 4.08. The van der Waals surface area contributed by atoms with Gasteiger partial charge in [-0.25, -0.2) is 0 Å². The quantitative estimate of drug-likeness (QED) is 0.692. The molecule has 2 unspecified atom stereocenters. The molecule has 1 saturated heterocycles. The lowest BCUT2D eigenvalue weighted by molar-refractivity contribution is 0.0000519. The third-order valence-electron chi connectivity index (χ3n) is 2.41. The van der Waals surface area contributed by atoms with Crippen molar-refractivity contribution < 1.29 is 4.74 Å². The Kier molecular flexibility index (Phi) is 4.62. The van der Waals surface area contributed by atoms with Crippen molar-refractivity contribution in [2.24, 2.45) is 5.92 Å². The van der Waals surface area contributed by atoms with Crippen molar-refractivity contribution in [1.29, 1.82) is 0 Å². The Balaban J connectivity index is 2.15. The van der Waals surface area contributed by atoms with E-state index in [1.165, 1.54) is 19.3 Å². The first-order chi connectivity index (χ1) is 5.84. The highest BCUT2D eigenvalue weighted by atomic mass is 16.5. The van der Waals surface area contributed by atoms with Crippen molar-refractivity contribution in [3.8, 4) is 0 Å². The van der Waals surface area contributed by atoms with Gasteiger partial charge in [0.2, 0.25) is 0 Å². The Morgan fingerprint density at radius 1 is 1.67 bits per heavy atom.